The van der Waals surface area contributed by atoms with Gasteiger partial charge in [0.05, 0.1) is 5.56 Å². The molecule has 2 N–H and O–H groups in total. The van der Waals surface area contributed by atoms with E-state index in [2.05, 4.69) is 15.6 Å². The lowest BCUT2D eigenvalue weighted by atomic mass is 10.1. The minimum absolute atomic E-state index is 0.101. The van der Waals surface area contributed by atoms with Crippen molar-refractivity contribution in [3.05, 3.63) is 59.3 Å². The van der Waals surface area contributed by atoms with E-state index in [1.807, 2.05) is 6.07 Å². The number of halogens is 2. The van der Waals surface area contributed by atoms with Crippen LogP contribution in [0.3, 0.4) is 0 Å². The van der Waals surface area contributed by atoms with E-state index in [0.717, 1.165) is 0 Å². The maximum Gasteiger partial charge on any atom is 0.172 e. The van der Waals surface area contributed by atoms with Crippen LogP contribution in [-0.2, 0) is 0 Å². The van der Waals surface area contributed by atoms with Crippen molar-refractivity contribution in [1.29, 1.82) is 5.26 Å². The van der Waals surface area contributed by atoms with Crippen LogP contribution in [0.1, 0.15) is 23.5 Å². The molecule has 0 unspecified atom stereocenters. The zero-order chi connectivity index (χ0) is 16.4. The van der Waals surface area contributed by atoms with Gasteiger partial charge >= 0.3 is 0 Å². The maximum atomic E-state index is 13.7. The van der Waals surface area contributed by atoms with Gasteiger partial charge in [-0.2, -0.15) is 5.26 Å². The van der Waals surface area contributed by atoms with E-state index in [0.29, 0.717) is 22.9 Å². The zero-order valence-electron chi connectivity index (χ0n) is 11.9. The van der Waals surface area contributed by atoms with Gasteiger partial charge in [0.15, 0.2) is 5.11 Å². The normalized spacial score (nSPS) is 18.8. The van der Waals surface area contributed by atoms with Gasteiger partial charge in [-0.05, 0) is 42.9 Å². The van der Waals surface area contributed by atoms with Gasteiger partial charge in [-0.25, -0.2) is 13.8 Å². The largest absolute Gasteiger partial charge is 0.359 e. The summed E-state index contributed by atoms with van der Waals surface area (Å²) >= 11 is 5.17. The second-order valence-electron chi connectivity index (χ2n) is 5.23. The van der Waals surface area contributed by atoms with E-state index in [1.165, 1.54) is 24.4 Å². The quantitative estimate of drug-likeness (QED) is 0.847. The summed E-state index contributed by atoms with van der Waals surface area (Å²) in [6.45, 7) is 0. The van der Waals surface area contributed by atoms with Crippen molar-refractivity contribution in [3.8, 4) is 6.07 Å². The number of anilines is 1. The Morgan fingerprint density at radius 2 is 2.00 bits per heavy atom. The number of benzene rings is 1. The summed E-state index contributed by atoms with van der Waals surface area (Å²) in [5.74, 6) is -0.806. The number of rotatable bonds is 3. The third-order valence-electron chi connectivity index (χ3n) is 3.61. The molecule has 116 valence electrons. The highest BCUT2D eigenvalue weighted by molar-refractivity contribution is 7.80. The number of nitrogens with one attached hydrogen (secondary N) is 2. The van der Waals surface area contributed by atoms with Crippen molar-refractivity contribution in [2.24, 2.45) is 0 Å². The van der Waals surface area contributed by atoms with Crippen LogP contribution in [0.4, 0.5) is 14.6 Å². The molecule has 1 aromatic carbocycles. The van der Waals surface area contributed by atoms with Crippen LogP contribution in [0.5, 0.6) is 0 Å². The van der Waals surface area contributed by atoms with Gasteiger partial charge in [0.2, 0.25) is 0 Å². The molecule has 7 heteroatoms. The first-order valence-electron chi connectivity index (χ1n) is 6.96. The predicted octanol–water partition coefficient (Wildman–Crippen LogP) is 3.07. The Morgan fingerprint density at radius 1 is 1.26 bits per heavy atom. The molecular formula is C16H12F2N4S. The zero-order valence-corrected chi connectivity index (χ0v) is 12.7. The molecular weight excluding hydrogens is 318 g/mol. The van der Waals surface area contributed by atoms with Gasteiger partial charge in [0.25, 0.3) is 0 Å². The smallest absolute Gasteiger partial charge is 0.172 e. The molecule has 0 radical (unpaired) electrons. The molecule has 1 fully saturated rings. The second kappa shape index (κ2) is 6.26. The Balaban J connectivity index is 1.59. The summed E-state index contributed by atoms with van der Waals surface area (Å²) in [4.78, 5) is 4.04. The molecule has 1 aliphatic rings. The van der Waals surface area contributed by atoms with E-state index in [4.69, 9.17) is 17.5 Å². The maximum absolute atomic E-state index is 13.7. The van der Waals surface area contributed by atoms with Gasteiger partial charge < -0.3 is 10.6 Å². The van der Waals surface area contributed by atoms with Crippen molar-refractivity contribution < 1.29 is 8.78 Å². The first-order chi connectivity index (χ1) is 11.1. The van der Waals surface area contributed by atoms with Gasteiger partial charge in [-0.15, -0.1) is 0 Å². The summed E-state index contributed by atoms with van der Waals surface area (Å²) < 4.78 is 27.4. The van der Waals surface area contributed by atoms with Crippen LogP contribution in [0.15, 0.2) is 36.5 Å². The summed E-state index contributed by atoms with van der Waals surface area (Å²) in [6.07, 6.45) is 2.04. The number of pyridine rings is 1. The van der Waals surface area contributed by atoms with Crippen LogP contribution >= 0.6 is 12.2 Å². The molecule has 0 aliphatic heterocycles. The lowest BCUT2D eigenvalue weighted by molar-refractivity contribution is 0.554. The predicted molar refractivity (Wildman–Crippen MR) is 85.8 cm³/mol. The lowest BCUT2D eigenvalue weighted by Gasteiger charge is -2.10. The minimum atomic E-state index is -0.535. The van der Waals surface area contributed by atoms with Crippen LogP contribution in [0, 0.1) is 23.0 Å². The topological polar surface area (TPSA) is 60.7 Å². The second-order valence-corrected chi connectivity index (χ2v) is 5.63. The van der Waals surface area contributed by atoms with Crippen LogP contribution in [0.2, 0.25) is 0 Å². The number of nitriles is 1. The third-order valence-corrected chi connectivity index (χ3v) is 3.83. The highest BCUT2D eigenvalue weighted by Crippen LogP contribution is 2.43. The Labute approximate surface area is 137 Å². The number of aromatic nitrogens is 1. The van der Waals surface area contributed by atoms with Gasteiger partial charge in [-0.1, -0.05) is 6.07 Å². The standard InChI is InChI=1S/C16H12F2N4S/c17-11-2-1-3-12(18)15(11)10-6-13(10)21-16(23)22-14-5-4-9(7-19)8-20-14/h1-5,8,10,13H,6H2,(H2,20,21,22,23)/t10-,13+/m0/s1. The molecule has 23 heavy (non-hydrogen) atoms. The Bertz CT molecular complexity index is 765. The molecule has 1 heterocycles. The number of thiocarbonyl (C=S) groups is 1. The first-order valence-corrected chi connectivity index (χ1v) is 7.37. The number of nitrogens with zero attached hydrogens (tertiary/aromatic N) is 2. The summed E-state index contributed by atoms with van der Waals surface area (Å²) in [5.41, 5.74) is 0.552. The molecule has 1 aromatic heterocycles. The molecule has 2 atom stereocenters. The number of hydrogen-bond acceptors (Lipinski definition) is 3. The van der Waals surface area contributed by atoms with E-state index in [9.17, 15) is 8.78 Å². The fourth-order valence-corrected chi connectivity index (χ4v) is 2.65. The Hall–Kier alpha value is -2.59. The fraction of sp³-hybridized carbons (Fsp3) is 0.188. The van der Waals surface area contributed by atoms with Gasteiger partial charge in [-0.3, -0.25) is 0 Å². The van der Waals surface area contributed by atoms with E-state index in [-0.39, 0.29) is 17.5 Å². The molecule has 1 saturated carbocycles. The van der Waals surface area contributed by atoms with Crippen LogP contribution in [0.25, 0.3) is 0 Å². The average molecular weight is 330 g/mol. The van der Waals surface area contributed by atoms with E-state index in [1.54, 1.807) is 12.1 Å². The van der Waals surface area contributed by atoms with Gasteiger partial charge in [0, 0.05) is 23.7 Å². The number of hydrogen-bond donors (Lipinski definition) is 2. The van der Waals surface area contributed by atoms with E-state index < -0.39 is 11.6 Å². The summed E-state index contributed by atoms with van der Waals surface area (Å²) in [5, 5.41) is 14.9. The molecule has 1 aliphatic carbocycles. The first kappa shape index (κ1) is 15.3. The molecule has 3 rings (SSSR count). The summed E-state index contributed by atoms with van der Waals surface area (Å²) in [7, 11) is 0. The van der Waals surface area contributed by atoms with Crippen molar-refractivity contribution in [2.45, 2.75) is 18.4 Å². The highest BCUT2D eigenvalue weighted by atomic mass is 32.1. The average Bonchev–Trinajstić information content (AvgIpc) is 3.26. The SMILES string of the molecule is N#Cc1ccc(NC(=S)N[C@@H]2C[C@@H]2c2c(F)cccc2F)nc1. The molecule has 2 aromatic rings. The van der Waals surface area contributed by atoms with Crippen molar-refractivity contribution in [2.75, 3.05) is 5.32 Å². The van der Waals surface area contributed by atoms with Crippen molar-refractivity contribution >= 4 is 23.1 Å². The monoisotopic (exact) mass is 330 g/mol. The van der Waals surface area contributed by atoms with E-state index >= 15 is 0 Å². The Kier molecular flexibility index (Phi) is 4.17. The van der Waals surface area contributed by atoms with Crippen molar-refractivity contribution in [3.63, 3.8) is 0 Å². The molecule has 4 nitrogen and oxygen atoms in total. The van der Waals surface area contributed by atoms with Crippen LogP contribution in [-0.4, -0.2) is 16.1 Å². The van der Waals surface area contributed by atoms with Gasteiger partial charge in [0.1, 0.15) is 23.5 Å². The molecule has 0 bridgehead atoms. The molecule has 0 spiro atoms. The fourth-order valence-electron chi connectivity index (χ4n) is 2.39. The van der Waals surface area contributed by atoms with Crippen molar-refractivity contribution in [1.82, 2.24) is 10.3 Å². The minimum Gasteiger partial charge on any atom is -0.359 e. The third kappa shape index (κ3) is 3.43. The Morgan fingerprint density at radius 3 is 2.61 bits per heavy atom. The summed E-state index contributed by atoms with van der Waals surface area (Å²) in [6, 6.07) is 8.97. The molecule has 0 amide bonds. The highest BCUT2D eigenvalue weighted by Gasteiger charge is 2.42. The van der Waals surface area contributed by atoms with Crippen LogP contribution < -0.4 is 10.6 Å². The molecule has 0 saturated heterocycles. The lowest BCUT2D eigenvalue weighted by Crippen LogP contribution is -2.31.